The molecule has 138 valence electrons. The number of benzene rings is 1. The van der Waals surface area contributed by atoms with E-state index in [0.29, 0.717) is 17.9 Å². The molecule has 2 amide bonds. The predicted molar refractivity (Wildman–Crippen MR) is 95.1 cm³/mol. The van der Waals surface area contributed by atoms with E-state index in [-0.39, 0.29) is 29.0 Å². The average molecular weight is 380 g/mol. The number of nitrogens with zero attached hydrogens (tertiary/aromatic N) is 2. The van der Waals surface area contributed by atoms with Crippen LogP contribution >= 0.6 is 11.6 Å². The Labute approximate surface area is 154 Å². The normalized spacial score (nSPS) is 19.9. The van der Waals surface area contributed by atoms with Gasteiger partial charge in [-0.15, -0.1) is 0 Å². The Morgan fingerprint density at radius 2 is 2.27 bits per heavy atom. The highest BCUT2D eigenvalue weighted by Gasteiger charge is 2.26. The molecule has 1 aromatic heterocycles. The van der Waals surface area contributed by atoms with Gasteiger partial charge in [-0.3, -0.25) is 14.9 Å². The number of halogens is 2. The molecule has 7 nitrogen and oxygen atoms in total. The van der Waals surface area contributed by atoms with Crippen LogP contribution in [0, 0.1) is 12.7 Å². The molecule has 2 aromatic rings. The second kappa shape index (κ2) is 7.43. The Morgan fingerprint density at radius 1 is 1.50 bits per heavy atom. The van der Waals surface area contributed by atoms with Crippen LogP contribution < -0.4 is 16.0 Å². The zero-order chi connectivity index (χ0) is 18.8. The number of amides is 2. The maximum Gasteiger partial charge on any atom is 0.230 e. The van der Waals surface area contributed by atoms with Gasteiger partial charge >= 0.3 is 0 Å². The minimum absolute atomic E-state index is 0.0287. The summed E-state index contributed by atoms with van der Waals surface area (Å²) in [5, 5.41) is 13.2. The van der Waals surface area contributed by atoms with Crippen LogP contribution in [-0.2, 0) is 16.0 Å². The number of hydrogen-bond donors (Lipinski definition) is 3. The molecule has 1 aliphatic rings. The van der Waals surface area contributed by atoms with Crippen molar-refractivity contribution in [3.05, 3.63) is 46.4 Å². The lowest BCUT2D eigenvalue weighted by Gasteiger charge is -2.30. The first-order valence-corrected chi connectivity index (χ1v) is 8.55. The Morgan fingerprint density at radius 3 is 2.96 bits per heavy atom. The van der Waals surface area contributed by atoms with Crippen LogP contribution in [0.3, 0.4) is 0 Å². The molecular weight excluding hydrogens is 361 g/mol. The Balaban J connectivity index is 1.78. The molecule has 0 spiro atoms. The van der Waals surface area contributed by atoms with Crippen LogP contribution in [0.15, 0.2) is 24.3 Å². The third-order valence-corrected chi connectivity index (χ3v) is 4.35. The van der Waals surface area contributed by atoms with E-state index < -0.39 is 18.0 Å². The maximum atomic E-state index is 13.9. The van der Waals surface area contributed by atoms with Gasteiger partial charge in [-0.25, -0.2) is 9.07 Å². The van der Waals surface area contributed by atoms with Crippen molar-refractivity contribution in [2.24, 2.45) is 0 Å². The highest BCUT2D eigenvalue weighted by atomic mass is 35.5. The molecule has 3 rings (SSSR count). The Kier molecular flexibility index (Phi) is 5.24. The van der Waals surface area contributed by atoms with Crippen LogP contribution in [-0.4, -0.2) is 27.6 Å². The van der Waals surface area contributed by atoms with E-state index in [9.17, 15) is 14.0 Å². The van der Waals surface area contributed by atoms with Gasteiger partial charge in [0.15, 0.2) is 6.29 Å². The SMILES string of the molecule is Cc1cc(NC(=O)Cc2c(F)cccc2Cl)n(C2NC(=O)CC(C)N2)n1. The van der Waals surface area contributed by atoms with Crippen molar-refractivity contribution in [3.8, 4) is 0 Å². The van der Waals surface area contributed by atoms with E-state index in [1.54, 1.807) is 13.0 Å². The number of carbonyl (C=O) groups is 2. The summed E-state index contributed by atoms with van der Waals surface area (Å²) in [6.07, 6.45) is -0.423. The third-order valence-electron chi connectivity index (χ3n) is 4.00. The van der Waals surface area contributed by atoms with Gasteiger partial charge in [-0.2, -0.15) is 5.10 Å². The number of carbonyl (C=O) groups excluding carboxylic acids is 2. The van der Waals surface area contributed by atoms with Crippen molar-refractivity contribution in [1.82, 2.24) is 20.4 Å². The first kappa shape index (κ1) is 18.3. The smallest absolute Gasteiger partial charge is 0.230 e. The summed E-state index contributed by atoms with van der Waals surface area (Å²) in [5.41, 5.74) is 0.797. The van der Waals surface area contributed by atoms with Gasteiger partial charge in [-0.05, 0) is 26.0 Å². The molecule has 1 aromatic carbocycles. The summed E-state index contributed by atoms with van der Waals surface area (Å²) < 4.78 is 15.4. The molecule has 0 saturated carbocycles. The van der Waals surface area contributed by atoms with Gasteiger partial charge in [0.2, 0.25) is 11.8 Å². The molecular formula is C17H19ClFN5O2. The summed E-state index contributed by atoms with van der Waals surface area (Å²) >= 11 is 5.97. The van der Waals surface area contributed by atoms with Crippen molar-refractivity contribution in [3.63, 3.8) is 0 Å². The van der Waals surface area contributed by atoms with E-state index in [4.69, 9.17) is 11.6 Å². The lowest BCUT2D eigenvalue weighted by atomic mass is 10.1. The van der Waals surface area contributed by atoms with E-state index in [2.05, 4.69) is 21.0 Å². The lowest BCUT2D eigenvalue weighted by molar-refractivity contribution is -0.125. The monoisotopic (exact) mass is 379 g/mol. The first-order valence-electron chi connectivity index (χ1n) is 8.18. The number of nitrogens with one attached hydrogen (secondary N) is 3. The second-order valence-electron chi connectivity index (χ2n) is 6.28. The van der Waals surface area contributed by atoms with Crippen molar-refractivity contribution >= 4 is 29.2 Å². The maximum absolute atomic E-state index is 13.9. The Bertz CT molecular complexity index is 833. The molecule has 1 fully saturated rings. The molecule has 1 aliphatic heterocycles. The van der Waals surface area contributed by atoms with E-state index in [0.717, 1.165) is 0 Å². The van der Waals surface area contributed by atoms with Crippen molar-refractivity contribution in [2.75, 3.05) is 5.32 Å². The number of aryl methyl sites for hydroxylation is 1. The molecule has 2 atom stereocenters. The molecule has 0 radical (unpaired) electrons. The summed E-state index contributed by atoms with van der Waals surface area (Å²) in [7, 11) is 0. The largest absolute Gasteiger partial charge is 0.322 e. The van der Waals surface area contributed by atoms with Crippen LogP contribution in [0.25, 0.3) is 0 Å². The first-order chi connectivity index (χ1) is 12.3. The predicted octanol–water partition coefficient (Wildman–Crippen LogP) is 2.12. The molecule has 0 bridgehead atoms. The molecule has 3 N–H and O–H groups in total. The summed E-state index contributed by atoms with van der Waals surface area (Å²) in [6, 6.07) is 5.92. The minimum atomic E-state index is -0.577. The lowest BCUT2D eigenvalue weighted by Crippen LogP contribution is -2.52. The molecule has 9 heteroatoms. The summed E-state index contributed by atoms with van der Waals surface area (Å²) in [4.78, 5) is 24.2. The van der Waals surface area contributed by atoms with Gasteiger partial charge in [0, 0.05) is 29.1 Å². The van der Waals surface area contributed by atoms with E-state index >= 15 is 0 Å². The van der Waals surface area contributed by atoms with Gasteiger partial charge in [0.05, 0.1) is 12.1 Å². The van der Waals surface area contributed by atoms with Gasteiger partial charge < -0.3 is 10.6 Å². The zero-order valence-corrected chi connectivity index (χ0v) is 15.1. The molecule has 2 heterocycles. The minimum Gasteiger partial charge on any atom is -0.322 e. The van der Waals surface area contributed by atoms with Crippen LogP contribution in [0.1, 0.15) is 30.9 Å². The second-order valence-corrected chi connectivity index (χ2v) is 6.69. The van der Waals surface area contributed by atoms with Crippen LogP contribution in [0.4, 0.5) is 10.2 Å². The van der Waals surface area contributed by atoms with E-state index in [1.165, 1.54) is 22.9 Å². The molecule has 2 unspecified atom stereocenters. The van der Waals surface area contributed by atoms with Crippen LogP contribution in [0.5, 0.6) is 0 Å². The topological polar surface area (TPSA) is 88.0 Å². The highest BCUT2D eigenvalue weighted by Crippen LogP contribution is 2.21. The number of rotatable bonds is 4. The van der Waals surface area contributed by atoms with Crippen LogP contribution in [0.2, 0.25) is 5.02 Å². The zero-order valence-electron chi connectivity index (χ0n) is 14.3. The fourth-order valence-electron chi connectivity index (χ4n) is 2.85. The summed E-state index contributed by atoms with van der Waals surface area (Å²) in [5.74, 6) is -0.683. The van der Waals surface area contributed by atoms with Crippen molar-refractivity contribution in [2.45, 2.75) is 39.0 Å². The molecule has 26 heavy (non-hydrogen) atoms. The van der Waals surface area contributed by atoms with Gasteiger partial charge in [0.1, 0.15) is 11.6 Å². The van der Waals surface area contributed by atoms with E-state index in [1.807, 2.05) is 6.92 Å². The fourth-order valence-corrected chi connectivity index (χ4v) is 3.08. The third kappa shape index (κ3) is 4.03. The number of anilines is 1. The standard InChI is InChI=1S/C17H19ClFN5O2/c1-9-7-15(25)22-17(20-9)24-14(6-10(2)23-24)21-16(26)8-11-12(18)4-3-5-13(11)19/h3-6,9,17,20H,7-8H2,1-2H3,(H,21,26)(H,22,25). The number of aromatic nitrogens is 2. The van der Waals surface area contributed by atoms with Gasteiger partial charge in [-0.1, -0.05) is 17.7 Å². The fraction of sp³-hybridized carbons (Fsp3) is 0.353. The average Bonchev–Trinajstić information content (AvgIpc) is 2.90. The molecule has 1 saturated heterocycles. The number of hydrogen-bond acceptors (Lipinski definition) is 4. The highest BCUT2D eigenvalue weighted by molar-refractivity contribution is 6.31. The van der Waals surface area contributed by atoms with Crippen molar-refractivity contribution < 1.29 is 14.0 Å². The Hall–Kier alpha value is -2.45. The molecule has 0 aliphatic carbocycles. The quantitative estimate of drug-likeness (QED) is 0.759. The summed E-state index contributed by atoms with van der Waals surface area (Å²) in [6.45, 7) is 3.66. The van der Waals surface area contributed by atoms with Crippen molar-refractivity contribution in [1.29, 1.82) is 0 Å². The van der Waals surface area contributed by atoms with Gasteiger partial charge in [0.25, 0.3) is 0 Å².